The Labute approximate surface area is 83.4 Å². The van der Waals surface area contributed by atoms with Crippen LogP contribution in [0.25, 0.3) is 0 Å². The van der Waals surface area contributed by atoms with Gasteiger partial charge in [0.25, 0.3) is 0 Å². The van der Waals surface area contributed by atoms with Crippen molar-refractivity contribution in [3.8, 4) is 0 Å². The molecule has 0 amide bonds. The van der Waals surface area contributed by atoms with Crippen molar-refractivity contribution in [1.29, 1.82) is 0 Å². The Bertz CT molecular complexity index is 246. The fraction of sp³-hybridized carbons (Fsp3) is 0.400. The smallest absolute Gasteiger partial charge is 0.105 e. The highest BCUT2D eigenvalue weighted by molar-refractivity contribution is 6.30. The van der Waals surface area contributed by atoms with Crippen molar-refractivity contribution < 1.29 is 9.47 Å². The lowest BCUT2D eigenvalue weighted by Gasteiger charge is -2.14. The summed E-state index contributed by atoms with van der Waals surface area (Å²) in [5.74, 6) is 0. The first-order chi connectivity index (χ1) is 6.27. The lowest BCUT2D eigenvalue weighted by Crippen LogP contribution is -2.07. The van der Waals surface area contributed by atoms with E-state index in [0.717, 1.165) is 10.6 Å². The van der Waals surface area contributed by atoms with Crippen LogP contribution in [0.2, 0.25) is 5.02 Å². The van der Waals surface area contributed by atoms with Gasteiger partial charge >= 0.3 is 0 Å². The van der Waals surface area contributed by atoms with Crippen LogP contribution < -0.4 is 0 Å². The molecule has 0 aliphatic heterocycles. The molecule has 72 valence electrons. The van der Waals surface area contributed by atoms with E-state index in [1.165, 1.54) is 0 Å². The SMILES string of the molecule is COC[C@@H](OC)c1ccc(Cl)cc1. The third-order valence-electron chi connectivity index (χ3n) is 1.84. The maximum atomic E-state index is 5.76. The predicted octanol–water partition coefficient (Wildman–Crippen LogP) is 2.67. The van der Waals surface area contributed by atoms with Gasteiger partial charge in [0.1, 0.15) is 6.10 Å². The van der Waals surface area contributed by atoms with Crippen molar-refractivity contribution in [3.63, 3.8) is 0 Å². The van der Waals surface area contributed by atoms with Gasteiger partial charge in [-0.1, -0.05) is 23.7 Å². The van der Waals surface area contributed by atoms with Gasteiger partial charge in [-0.2, -0.15) is 0 Å². The summed E-state index contributed by atoms with van der Waals surface area (Å²) >= 11 is 5.76. The molecule has 0 radical (unpaired) electrons. The van der Waals surface area contributed by atoms with Crippen molar-refractivity contribution in [1.82, 2.24) is 0 Å². The summed E-state index contributed by atoms with van der Waals surface area (Å²) in [4.78, 5) is 0. The predicted molar refractivity (Wildman–Crippen MR) is 53.1 cm³/mol. The molecular formula is C10H13ClO2. The number of methoxy groups -OCH3 is 2. The fourth-order valence-corrected chi connectivity index (χ4v) is 1.26. The number of rotatable bonds is 4. The number of hydrogen-bond acceptors (Lipinski definition) is 2. The molecule has 0 saturated carbocycles. The van der Waals surface area contributed by atoms with E-state index in [1.807, 2.05) is 24.3 Å². The second-order valence-corrected chi connectivity index (χ2v) is 3.17. The average molecular weight is 201 g/mol. The monoisotopic (exact) mass is 200 g/mol. The van der Waals surface area contributed by atoms with Gasteiger partial charge in [-0.25, -0.2) is 0 Å². The van der Waals surface area contributed by atoms with E-state index < -0.39 is 0 Å². The summed E-state index contributed by atoms with van der Waals surface area (Å²) in [6.07, 6.45) is -0.0118. The first kappa shape index (κ1) is 10.5. The molecule has 0 fully saturated rings. The van der Waals surface area contributed by atoms with E-state index in [2.05, 4.69) is 0 Å². The molecule has 1 atom stereocenters. The Hall–Kier alpha value is -0.570. The van der Waals surface area contributed by atoms with Gasteiger partial charge in [0, 0.05) is 19.2 Å². The van der Waals surface area contributed by atoms with Crippen LogP contribution in [0.15, 0.2) is 24.3 Å². The Morgan fingerprint density at radius 2 is 1.85 bits per heavy atom. The van der Waals surface area contributed by atoms with Crippen LogP contribution in [0.4, 0.5) is 0 Å². The maximum absolute atomic E-state index is 5.76. The summed E-state index contributed by atoms with van der Waals surface area (Å²) in [5.41, 5.74) is 1.08. The fourth-order valence-electron chi connectivity index (χ4n) is 1.13. The molecule has 3 heteroatoms. The minimum atomic E-state index is -0.0118. The summed E-state index contributed by atoms with van der Waals surface area (Å²) in [5, 5.41) is 0.732. The molecule has 0 saturated heterocycles. The molecule has 1 aromatic rings. The summed E-state index contributed by atoms with van der Waals surface area (Å²) in [7, 11) is 3.32. The molecule has 1 aromatic carbocycles. The number of benzene rings is 1. The van der Waals surface area contributed by atoms with E-state index in [-0.39, 0.29) is 6.10 Å². The summed E-state index contributed by atoms with van der Waals surface area (Å²) in [6.45, 7) is 0.554. The minimum absolute atomic E-state index is 0.0118. The van der Waals surface area contributed by atoms with Crippen molar-refractivity contribution in [2.45, 2.75) is 6.10 Å². The number of halogens is 1. The molecule has 0 unspecified atom stereocenters. The van der Waals surface area contributed by atoms with E-state index in [4.69, 9.17) is 21.1 Å². The Morgan fingerprint density at radius 1 is 1.23 bits per heavy atom. The van der Waals surface area contributed by atoms with Crippen LogP contribution in [0.3, 0.4) is 0 Å². The second-order valence-electron chi connectivity index (χ2n) is 2.73. The lowest BCUT2D eigenvalue weighted by atomic mass is 10.1. The van der Waals surface area contributed by atoms with Gasteiger partial charge in [0.2, 0.25) is 0 Å². The van der Waals surface area contributed by atoms with Gasteiger partial charge in [-0.3, -0.25) is 0 Å². The summed E-state index contributed by atoms with van der Waals surface area (Å²) < 4.78 is 10.3. The average Bonchev–Trinajstić information content (AvgIpc) is 2.16. The number of ether oxygens (including phenoxy) is 2. The Balaban J connectivity index is 2.73. The highest BCUT2D eigenvalue weighted by atomic mass is 35.5. The standard InChI is InChI=1S/C10H13ClO2/c1-12-7-10(13-2)8-3-5-9(11)6-4-8/h3-6,10H,7H2,1-2H3/t10-/m1/s1. The topological polar surface area (TPSA) is 18.5 Å². The van der Waals surface area contributed by atoms with Gasteiger partial charge in [-0.05, 0) is 17.7 Å². The Morgan fingerprint density at radius 3 is 2.31 bits per heavy atom. The third kappa shape index (κ3) is 2.99. The van der Waals surface area contributed by atoms with Crippen LogP contribution in [0.5, 0.6) is 0 Å². The molecule has 0 heterocycles. The molecule has 0 aliphatic rings. The Kier molecular flexibility index (Phi) is 4.22. The van der Waals surface area contributed by atoms with Crippen LogP contribution in [0, 0.1) is 0 Å². The molecular weight excluding hydrogens is 188 g/mol. The normalized spacial score (nSPS) is 12.8. The van der Waals surface area contributed by atoms with Gasteiger partial charge in [0.05, 0.1) is 6.61 Å². The number of hydrogen-bond donors (Lipinski definition) is 0. The largest absolute Gasteiger partial charge is 0.382 e. The molecule has 0 bridgehead atoms. The van der Waals surface area contributed by atoms with Crippen molar-refractivity contribution in [2.24, 2.45) is 0 Å². The minimum Gasteiger partial charge on any atom is -0.382 e. The second kappa shape index (κ2) is 5.22. The van der Waals surface area contributed by atoms with Gasteiger partial charge in [-0.15, -0.1) is 0 Å². The van der Waals surface area contributed by atoms with Gasteiger partial charge < -0.3 is 9.47 Å². The zero-order valence-electron chi connectivity index (χ0n) is 7.79. The molecule has 0 aliphatic carbocycles. The molecule has 1 rings (SSSR count). The molecule has 13 heavy (non-hydrogen) atoms. The quantitative estimate of drug-likeness (QED) is 0.744. The van der Waals surface area contributed by atoms with Crippen LogP contribution >= 0.6 is 11.6 Å². The molecule has 2 nitrogen and oxygen atoms in total. The van der Waals surface area contributed by atoms with E-state index in [1.54, 1.807) is 14.2 Å². The summed E-state index contributed by atoms with van der Waals surface area (Å²) in [6, 6.07) is 7.57. The van der Waals surface area contributed by atoms with E-state index in [0.29, 0.717) is 6.61 Å². The maximum Gasteiger partial charge on any atom is 0.105 e. The van der Waals surface area contributed by atoms with Crippen molar-refractivity contribution in [3.05, 3.63) is 34.9 Å². The first-order valence-corrected chi connectivity index (χ1v) is 4.43. The van der Waals surface area contributed by atoms with Crippen molar-refractivity contribution >= 4 is 11.6 Å². The first-order valence-electron chi connectivity index (χ1n) is 4.05. The highest BCUT2D eigenvalue weighted by Gasteiger charge is 2.08. The van der Waals surface area contributed by atoms with Gasteiger partial charge in [0.15, 0.2) is 0 Å². The van der Waals surface area contributed by atoms with E-state index >= 15 is 0 Å². The zero-order chi connectivity index (χ0) is 9.68. The highest BCUT2D eigenvalue weighted by Crippen LogP contribution is 2.19. The lowest BCUT2D eigenvalue weighted by molar-refractivity contribution is 0.0275. The molecule has 0 spiro atoms. The van der Waals surface area contributed by atoms with Crippen LogP contribution in [-0.4, -0.2) is 20.8 Å². The van der Waals surface area contributed by atoms with Crippen molar-refractivity contribution in [2.75, 3.05) is 20.8 Å². The van der Waals surface area contributed by atoms with Crippen LogP contribution in [0.1, 0.15) is 11.7 Å². The third-order valence-corrected chi connectivity index (χ3v) is 2.10. The molecule has 0 N–H and O–H groups in total. The molecule has 0 aromatic heterocycles. The van der Waals surface area contributed by atoms with E-state index in [9.17, 15) is 0 Å². The van der Waals surface area contributed by atoms with Crippen LogP contribution in [-0.2, 0) is 9.47 Å². The zero-order valence-corrected chi connectivity index (χ0v) is 8.54.